The third-order valence-corrected chi connectivity index (χ3v) is 3.16. The Morgan fingerprint density at radius 1 is 0.765 bits per heavy atom. The van der Waals surface area contributed by atoms with E-state index in [4.69, 9.17) is 0 Å². The predicted octanol–water partition coefficient (Wildman–Crippen LogP) is 3.11. The van der Waals surface area contributed by atoms with Gasteiger partial charge in [0.05, 0.1) is 0 Å². The van der Waals surface area contributed by atoms with Gasteiger partial charge in [0.2, 0.25) is 0 Å². The van der Waals surface area contributed by atoms with Crippen LogP contribution in [-0.2, 0) is 0 Å². The molecule has 0 aliphatic rings. The zero-order valence-electron chi connectivity index (χ0n) is 10.8. The first-order valence-corrected chi connectivity index (χ1v) is 5.78. The molecule has 0 fully saturated rings. The molecule has 1 aromatic heterocycles. The quantitative estimate of drug-likeness (QED) is 0.799. The zero-order chi connectivity index (χ0) is 12.6. The van der Waals surface area contributed by atoms with Crippen LogP contribution in [0.15, 0.2) is 24.5 Å². The van der Waals surface area contributed by atoms with Crippen LogP contribution >= 0.6 is 0 Å². The number of phenolic OH excluding ortho intramolecular Hbond substituents is 1. The Kier molecular flexibility index (Phi) is 2.88. The van der Waals surface area contributed by atoms with Crippen molar-refractivity contribution in [1.82, 2.24) is 0 Å². The Hall–Kier alpha value is -1.83. The maximum Gasteiger partial charge on any atom is 0.170 e. The molecule has 2 rings (SSSR count). The van der Waals surface area contributed by atoms with Crippen molar-refractivity contribution < 1.29 is 10.1 Å². The van der Waals surface area contributed by atoms with Crippen molar-refractivity contribution in [3.8, 4) is 16.9 Å². The summed E-state index contributed by atoms with van der Waals surface area (Å²) >= 11 is 0. The van der Waals surface area contributed by atoms with Crippen LogP contribution < -0.4 is 4.98 Å². The van der Waals surface area contributed by atoms with Gasteiger partial charge in [-0.1, -0.05) is 0 Å². The van der Waals surface area contributed by atoms with Gasteiger partial charge in [0.15, 0.2) is 12.4 Å². The summed E-state index contributed by atoms with van der Waals surface area (Å²) < 4.78 is 0. The molecule has 1 aromatic carbocycles. The fraction of sp³-hybridized carbons (Fsp3) is 0.267. The number of benzene rings is 1. The van der Waals surface area contributed by atoms with Gasteiger partial charge in [-0.25, -0.2) is 4.98 Å². The van der Waals surface area contributed by atoms with Crippen molar-refractivity contribution in [3.63, 3.8) is 0 Å². The lowest BCUT2D eigenvalue weighted by atomic mass is 9.91. The molecule has 0 aliphatic carbocycles. The number of phenols is 1. The molecule has 2 nitrogen and oxygen atoms in total. The number of rotatable bonds is 1. The second-order valence-corrected chi connectivity index (χ2v) is 4.65. The lowest BCUT2D eigenvalue weighted by Crippen LogP contribution is -2.05. The number of H-pyrrole nitrogens is 1. The van der Waals surface area contributed by atoms with Crippen molar-refractivity contribution >= 4 is 0 Å². The van der Waals surface area contributed by atoms with Crippen LogP contribution in [0.4, 0.5) is 0 Å². The Morgan fingerprint density at radius 3 is 1.65 bits per heavy atom. The lowest BCUT2D eigenvalue weighted by Gasteiger charge is -2.13. The highest BCUT2D eigenvalue weighted by Crippen LogP contribution is 2.33. The highest BCUT2D eigenvalue weighted by Gasteiger charge is 2.14. The maximum absolute atomic E-state index is 9.60. The van der Waals surface area contributed by atoms with Gasteiger partial charge in [-0.05, 0) is 62.1 Å². The molecule has 0 spiro atoms. The summed E-state index contributed by atoms with van der Waals surface area (Å²) in [6.45, 7) is 8.28. The van der Waals surface area contributed by atoms with Crippen molar-refractivity contribution in [1.29, 1.82) is 0 Å². The highest BCUT2D eigenvalue weighted by molar-refractivity contribution is 5.76. The second-order valence-electron chi connectivity index (χ2n) is 4.65. The molecule has 0 saturated carbocycles. The summed E-state index contributed by atoms with van der Waals surface area (Å²) in [4.78, 5) is 3.14. The topological polar surface area (TPSA) is 34.4 Å². The molecule has 88 valence electrons. The maximum atomic E-state index is 9.60. The van der Waals surface area contributed by atoms with E-state index in [-0.39, 0.29) is 0 Å². The van der Waals surface area contributed by atoms with Crippen LogP contribution in [0.2, 0.25) is 0 Å². The Morgan fingerprint density at radius 2 is 1.18 bits per heavy atom. The van der Waals surface area contributed by atoms with Gasteiger partial charge in [-0.2, -0.15) is 0 Å². The van der Waals surface area contributed by atoms with Crippen LogP contribution in [0.1, 0.15) is 22.3 Å². The molecule has 0 saturated heterocycles. The molecule has 2 aromatic rings. The van der Waals surface area contributed by atoms with Crippen LogP contribution in [0, 0.1) is 27.7 Å². The van der Waals surface area contributed by atoms with Crippen molar-refractivity contribution in [2.75, 3.05) is 0 Å². The molecule has 17 heavy (non-hydrogen) atoms. The molecule has 0 atom stereocenters. The van der Waals surface area contributed by atoms with E-state index in [9.17, 15) is 5.11 Å². The summed E-state index contributed by atoms with van der Waals surface area (Å²) in [6.07, 6.45) is 4.02. The fourth-order valence-electron chi connectivity index (χ4n) is 2.48. The van der Waals surface area contributed by atoms with E-state index in [2.05, 4.69) is 18.8 Å². The number of aromatic nitrogens is 1. The zero-order valence-corrected chi connectivity index (χ0v) is 10.8. The molecule has 0 amide bonds. The van der Waals surface area contributed by atoms with E-state index in [1.165, 1.54) is 22.3 Å². The van der Waals surface area contributed by atoms with Gasteiger partial charge in [0.25, 0.3) is 0 Å². The molecule has 0 bridgehead atoms. The van der Waals surface area contributed by atoms with Crippen LogP contribution in [0.3, 0.4) is 0 Å². The molecule has 2 heteroatoms. The number of aryl methyl sites for hydroxylation is 4. The van der Waals surface area contributed by atoms with Crippen LogP contribution in [0.25, 0.3) is 11.1 Å². The first kappa shape index (κ1) is 11.6. The molecule has 2 N–H and O–H groups in total. The van der Waals surface area contributed by atoms with Crippen LogP contribution in [0.5, 0.6) is 5.75 Å². The number of pyridine rings is 1. The van der Waals surface area contributed by atoms with E-state index in [0.29, 0.717) is 5.75 Å². The molecule has 0 radical (unpaired) electrons. The smallest absolute Gasteiger partial charge is 0.170 e. The molecular formula is C15H18NO+. The van der Waals surface area contributed by atoms with E-state index < -0.39 is 0 Å². The summed E-state index contributed by atoms with van der Waals surface area (Å²) in [5.74, 6) is 0.335. The van der Waals surface area contributed by atoms with Crippen molar-refractivity contribution in [2.45, 2.75) is 27.7 Å². The average Bonchev–Trinajstić information content (AvgIpc) is 2.21. The van der Waals surface area contributed by atoms with Gasteiger partial charge in [0.1, 0.15) is 5.75 Å². The highest BCUT2D eigenvalue weighted by atomic mass is 16.3. The third kappa shape index (κ3) is 2.03. The van der Waals surface area contributed by atoms with Crippen molar-refractivity contribution in [3.05, 3.63) is 46.8 Å². The lowest BCUT2D eigenvalue weighted by molar-refractivity contribution is -0.379. The summed E-state index contributed by atoms with van der Waals surface area (Å²) in [5, 5.41) is 9.60. The van der Waals surface area contributed by atoms with E-state index >= 15 is 0 Å². The number of aromatic amines is 1. The molecular weight excluding hydrogens is 210 g/mol. The standard InChI is InChI=1S/C15H17NO/c1-9-5-13(17)6-10(2)14(9)15-11(3)7-16-8-12(15)4/h5-8,17H,1-4H3/p+1. The summed E-state index contributed by atoms with van der Waals surface area (Å²) in [7, 11) is 0. The molecule has 0 aliphatic heterocycles. The minimum atomic E-state index is 0.335. The summed E-state index contributed by atoms with van der Waals surface area (Å²) in [6, 6.07) is 3.63. The monoisotopic (exact) mass is 228 g/mol. The van der Waals surface area contributed by atoms with E-state index in [1.54, 1.807) is 0 Å². The SMILES string of the molecule is Cc1c[nH+]cc(C)c1-c1c(C)cc(O)cc1C. The Balaban J connectivity index is 2.77. The third-order valence-electron chi connectivity index (χ3n) is 3.16. The molecule has 0 unspecified atom stereocenters. The number of hydrogen-bond acceptors (Lipinski definition) is 1. The Bertz CT molecular complexity index is 530. The van der Waals surface area contributed by atoms with Gasteiger partial charge in [0, 0.05) is 11.1 Å². The van der Waals surface area contributed by atoms with Gasteiger partial charge in [-0.15, -0.1) is 0 Å². The van der Waals surface area contributed by atoms with Gasteiger partial charge in [-0.3, -0.25) is 0 Å². The minimum absolute atomic E-state index is 0.335. The Labute approximate surface area is 102 Å². The first-order valence-electron chi connectivity index (χ1n) is 5.78. The first-order chi connectivity index (χ1) is 8.00. The van der Waals surface area contributed by atoms with Crippen molar-refractivity contribution in [2.24, 2.45) is 0 Å². The van der Waals surface area contributed by atoms with Gasteiger partial charge >= 0.3 is 0 Å². The van der Waals surface area contributed by atoms with E-state index in [0.717, 1.165) is 11.1 Å². The molecule has 1 heterocycles. The largest absolute Gasteiger partial charge is 0.508 e. The average molecular weight is 228 g/mol. The summed E-state index contributed by atoms with van der Waals surface area (Å²) in [5.41, 5.74) is 7.16. The van der Waals surface area contributed by atoms with Gasteiger partial charge < -0.3 is 5.11 Å². The predicted molar refractivity (Wildman–Crippen MR) is 69.0 cm³/mol. The number of aromatic hydroxyl groups is 1. The van der Waals surface area contributed by atoms with Crippen LogP contribution in [-0.4, -0.2) is 5.11 Å². The second kappa shape index (κ2) is 4.21. The minimum Gasteiger partial charge on any atom is -0.508 e. The number of hydrogen-bond donors (Lipinski definition) is 1. The fourth-order valence-corrected chi connectivity index (χ4v) is 2.48. The number of nitrogens with one attached hydrogen (secondary N) is 1. The van der Waals surface area contributed by atoms with E-state index in [1.807, 2.05) is 38.4 Å². The normalized spacial score (nSPS) is 10.6.